The number of hydrogen-bond donors (Lipinski definition) is 3. The first-order chi connectivity index (χ1) is 17.5. The number of carbonyl (C=O) groups excluding carboxylic acids is 1. The zero-order valence-corrected chi connectivity index (χ0v) is 20.8. The van der Waals surface area contributed by atoms with E-state index in [1.165, 1.54) is 0 Å². The highest BCUT2D eigenvalue weighted by Crippen LogP contribution is 2.44. The highest BCUT2D eigenvalue weighted by molar-refractivity contribution is 6.32. The molecule has 4 bridgehead atoms. The van der Waals surface area contributed by atoms with Gasteiger partial charge >= 0.3 is 0 Å². The summed E-state index contributed by atoms with van der Waals surface area (Å²) in [5, 5.41) is 7.03. The van der Waals surface area contributed by atoms with Crippen molar-refractivity contribution in [3.8, 4) is 22.9 Å². The minimum absolute atomic E-state index is 0.0272. The van der Waals surface area contributed by atoms with E-state index < -0.39 is 0 Å². The minimum atomic E-state index is -0.122. The highest BCUT2D eigenvalue weighted by atomic mass is 35.5. The summed E-state index contributed by atoms with van der Waals surface area (Å²) < 4.78 is 11.7. The summed E-state index contributed by atoms with van der Waals surface area (Å²) in [6.45, 7) is 2.65. The molecule has 0 spiro atoms. The van der Waals surface area contributed by atoms with Gasteiger partial charge in [0.1, 0.15) is 5.52 Å². The minimum Gasteiger partial charge on any atom is -0.493 e. The zero-order valence-electron chi connectivity index (χ0n) is 20.0. The Balaban J connectivity index is 1.62. The summed E-state index contributed by atoms with van der Waals surface area (Å²) in [7, 11) is 1.57. The number of ether oxygens (including phenoxy) is 2. The molecule has 6 rings (SSSR count). The van der Waals surface area contributed by atoms with Gasteiger partial charge in [-0.2, -0.15) is 0 Å². The number of aromatic amines is 1. The Morgan fingerprint density at radius 3 is 2.94 bits per heavy atom. The second kappa shape index (κ2) is 9.02. The lowest BCUT2D eigenvalue weighted by Crippen LogP contribution is -2.35. The average molecular weight is 504 g/mol. The van der Waals surface area contributed by atoms with E-state index in [0.717, 1.165) is 41.7 Å². The van der Waals surface area contributed by atoms with E-state index in [0.29, 0.717) is 45.7 Å². The number of anilines is 2. The van der Waals surface area contributed by atoms with E-state index in [2.05, 4.69) is 27.5 Å². The van der Waals surface area contributed by atoms with Gasteiger partial charge in [0.05, 0.1) is 46.4 Å². The van der Waals surface area contributed by atoms with Gasteiger partial charge in [-0.05, 0) is 50.5 Å². The van der Waals surface area contributed by atoms with E-state index in [1.54, 1.807) is 19.4 Å². The molecule has 9 heteroatoms. The van der Waals surface area contributed by atoms with E-state index in [9.17, 15) is 4.79 Å². The van der Waals surface area contributed by atoms with E-state index in [-0.39, 0.29) is 17.9 Å². The number of carbonyl (C=O) groups is 1. The van der Waals surface area contributed by atoms with Crippen molar-refractivity contribution in [2.45, 2.75) is 38.2 Å². The van der Waals surface area contributed by atoms with Crippen LogP contribution in [0.1, 0.15) is 48.2 Å². The Hall–Kier alpha value is -3.78. The number of aromatic nitrogens is 3. The third-order valence-electron chi connectivity index (χ3n) is 6.92. The number of rotatable bonds is 3. The summed E-state index contributed by atoms with van der Waals surface area (Å²) in [6, 6.07) is 11.2. The molecule has 2 aliphatic heterocycles. The smallest absolute Gasteiger partial charge is 0.255 e. The van der Waals surface area contributed by atoms with Crippen LogP contribution in [0.4, 0.5) is 11.4 Å². The normalized spacial score (nSPS) is 19.0. The van der Waals surface area contributed by atoms with Crippen molar-refractivity contribution in [2.75, 3.05) is 19.0 Å². The molecule has 1 amide bonds. The fraction of sp³-hybridized carbons (Fsp3) is 0.296. The largest absolute Gasteiger partial charge is 0.493 e. The second-order valence-electron chi connectivity index (χ2n) is 9.25. The average Bonchev–Trinajstić information content (AvgIpc) is 3.25. The molecule has 5 heterocycles. The van der Waals surface area contributed by atoms with E-state index in [1.807, 2.05) is 30.3 Å². The van der Waals surface area contributed by atoms with E-state index >= 15 is 0 Å². The number of H-pyrrole nitrogens is 1. The molecule has 3 N–H and O–H groups in total. The topological polar surface area (TPSA) is 101 Å². The molecule has 2 atom stereocenters. The van der Waals surface area contributed by atoms with Crippen LogP contribution in [-0.4, -0.2) is 40.6 Å². The van der Waals surface area contributed by atoms with Gasteiger partial charge in [-0.1, -0.05) is 17.7 Å². The predicted molar refractivity (Wildman–Crippen MR) is 140 cm³/mol. The predicted octanol–water partition coefficient (Wildman–Crippen LogP) is 5.81. The molecule has 0 fully saturated rings. The summed E-state index contributed by atoms with van der Waals surface area (Å²) in [5.41, 5.74) is 5.85. The molecule has 36 heavy (non-hydrogen) atoms. The molecule has 1 aromatic carbocycles. The first-order valence-corrected chi connectivity index (χ1v) is 12.5. The fourth-order valence-electron chi connectivity index (χ4n) is 5.18. The monoisotopic (exact) mass is 503 g/mol. The van der Waals surface area contributed by atoms with Gasteiger partial charge in [0.15, 0.2) is 5.75 Å². The number of nitrogens with one attached hydrogen (secondary N) is 3. The van der Waals surface area contributed by atoms with Crippen molar-refractivity contribution < 1.29 is 14.3 Å². The van der Waals surface area contributed by atoms with Crippen LogP contribution in [0.5, 0.6) is 11.6 Å². The maximum Gasteiger partial charge on any atom is 0.255 e. The van der Waals surface area contributed by atoms with Crippen LogP contribution in [0, 0.1) is 0 Å². The van der Waals surface area contributed by atoms with Crippen molar-refractivity contribution in [1.29, 1.82) is 0 Å². The molecule has 0 saturated heterocycles. The number of benzene rings is 1. The molecule has 8 nitrogen and oxygen atoms in total. The van der Waals surface area contributed by atoms with Crippen LogP contribution in [0.3, 0.4) is 0 Å². The van der Waals surface area contributed by atoms with Crippen LogP contribution < -0.4 is 20.1 Å². The Morgan fingerprint density at radius 1 is 1.19 bits per heavy atom. The summed E-state index contributed by atoms with van der Waals surface area (Å²) in [5.74, 6) is 1.09. The van der Waals surface area contributed by atoms with Crippen molar-refractivity contribution in [2.24, 2.45) is 0 Å². The SMILES string of the molecule is COc1c(Cl)cccc1Nc1c2[nH]c3c1C(=O)NCC3CCCC(C)Oc1ccc3nccc-2c3n1. The lowest BCUT2D eigenvalue weighted by Gasteiger charge is -2.24. The van der Waals surface area contributed by atoms with Gasteiger partial charge in [0.2, 0.25) is 5.88 Å². The van der Waals surface area contributed by atoms with Crippen LogP contribution in [0.15, 0.2) is 42.6 Å². The van der Waals surface area contributed by atoms with Crippen LogP contribution in [0.25, 0.3) is 22.3 Å². The van der Waals surface area contributed by atoms with Crippen molar-refractivity contribution in [1.82, 2.24) is 20.3 Å². The lowest BCUT2D eigenvalue weighted by molar-refractivity contribution is 0.0939. The van der Waals surface area contributed by atoms with Crippen molar-refractivity contribution in [3.63, 3.8) is 0 Å². The fourth-order valence-corrected chi connectivity index (χ4v) is 5.43. The van der Waals surface area contributed by atoms with Gasteiger partial charge < -0.3 is 25.1 Å². The van der Waals surface area contributed by atoms with Gasteiger partial charge in [0, 0.05) is 36.0 Å². The Labute approximate surface area is 213 Å². The molecule has 0 saturated carbocycles. The lowest BCUT2D eigenvalue weighted by atomic mass is 9.91. The summed E-state index contributed by atoms with van der Waals surface area (Å²) >= 11 is 6.41. The number of pyridine rings is 2. The molecule has 4 aromatic rings. The first kappa shape index (κ1) is 22.7. The van der Waals surface area contributed by atoms with Crippen molar-refractivity contribution >= 4 is 39.9 Å². The van der Waals surface area contributed by atoms with Crippen molar-refractivity contribution in [3.05, 3.63) is 58.9 Å². The third-order valence-corrected chi connectivity index (χ3v) is 7.21. The number of amides is 1. The standard InChI is InChI=1S/C27H26ClN5O3/c1-14-5-3-6-15-13-30-27(34)21-22(15)33-24(25(21)31-19-8-4-7-17(28)26(19)35-2)16-11-12-29-18-9-10-20(36-14)32-23(16)18/h4,7-12,14-15,31,33H,3,5-6,13H2,1-2H3,(H,30,34). The maximum atomic E-state index is 13.3. The van der Waals surface area contributed by atoms with Gasteiger partial charge in [-0.15, -0.1) is 0 Å². The summed E-state index contributed by atoms with van der Waals surface area (Å²) in [4.78, 5) is 26.2. The molecular formula is C27H26ClN5O3. The molecule has 0 aliphatic carbocycles. The first-order valence-electron chi connectivity index (χ1n) is 12.1. The van der Waals surface area contributed by atoms with Gasteiger partial charge in [-0.25, -0.2) is 4.98 Å². The number of hydrogen-bond acceptors (Lipinski definition) is 6. The molecule has 2 aliphatic rings. The number of para-hydroxylation sites is 1. The van der Waals surface area contributed by atoms with Crippen LogP contribution >= 0.6 is 11.6 Å². The Morgan fingerprint density at radius 2 is 2.08 bits per heavy atom. The molecule has 2 unspecified atom stereocenters. The van der Waals surface area contributed by atoms with Crippen LogP contribution in [-0.2, 0) is 0 Å². The van der Waals surface area contributed by atoms with Crippen LogP contribution in [0.2, 0.25) is 5.02 Å². The van der Waals surface area contributed by atoms with Gasteiger partial charge in [0.25, 0.3) is 5.91 Å². The highest BCUT2D eigenvalue weighted by Gasteiger charge is 2.33. The molecule has 184 valence electrons. The number of halogens is 1. The molecule has 3 aromatic heterocycles. The Bertz CT molecular complexity index is 1480. The molecular weight excluding hydrogens is 478 g/mol. The number of nitrogens with zero attached hydrogens (tertiary/aromatic N) is 2. The maximum absolute atomic E-state index is 13.3. The quantitative estimate of drug-likeness (QED) is 0.326. The van der Waals surface area contributed by atoms with E-state index in [4.69, 9.17) is 26.1 Å². The zero-order chi connectivity index (χ0) is 24.8. The molecule has 0 radical (unpaired) electrons. The number of fused-ring (bicyclic) bond motifs is 3. The number of methoxy groups -OCH3 is 1. The summed E-state index contributed by atoms with van der Waals surface area (Å²) in [6.07, 6.45) is 4.54. The Kier molecular flexibility index (Phi) is 5.68. The third kappa shape index (κ3) is 3.82. The second-order valence-corrected chi connectivity index (χ2v) is 9.66. The van der Waals surface area contributed by atoms with Gasteiger partial charge in [-0.3, -0.25) is 9.78 Å².